The molecule has 6 heteroatoms. The topological polar surface area (TPSA) is 78.9 Å². The Morgan fingerprint density at radius 3 is 0.744 bits per heavy atom. The average molecular weight is 1150 g/mol. The summed E-state index contributed by atoms with van der Waals surface area (Å²) in [6.45, 7) is 6.61. The summed E-state index contributed by atoms with van der Waals surface area (Å²) in [5.41, 5.74) is 0. The number of unbranched alkanes of at least 4 members (excludes halogenated alkanes) is 49. The predicted octanol–water partition coefficient (Wildman–Crippen LogP) is 25.3. The molecule has 0 amide bonds. The van der Waals surface area contributed by atoms with Crippen LogP contribution in [-0.4, -0.2) is 37.2 Å². The molecule has 1 unspecified atom stereocenters. The third-order valence-electron chi connectivity index (χ3n) is 16.6. The van der Waals surface area contributed by atoms with Gasteiger partial charge in [0.1, 0.15) is 13.2 Å². The maximum Gasteiger partial charge on any atom is 0.306 e. The second-order valence-electron chi connectivity index (χ2n) is 24.8. The van der Waals surface area contributed by atoms with Gasteiger partial charge in [0.2, 0.25) is 0 Å². The molecule has 0 heterocycles. The van der Waals surface area contributed by atoms with E-state index in [4.69, 9.17) is 14.2 Å². The van der Waals surface area contributed by atoms with Crippen LogP contribution in [-0.2, 0) is 28.6 Å². The van der Waals surface area contributed by atoms with Crippen molar-refractivity contribution in [3.05, 3.63) is 48.6 Å². The first-order chi connectivity index (χ1) is 40.5. The van der Waals surface area contributed by atoms with E-state index < -0.39 is 6.10 Å². The van der Waals surface area contributed by atoms with E-state index in [0.29, 0.717) is 19.3 Å². The van der Waals surface area contributed by atoms with Crippen LogP contribution in [0.1, 0.15) is 400 Å². The SMILES string of the molecule is CC/C=C\C/C=C\C/C=C\C/C=C\CCCCCCCCCCCCCCCCC(=O)OCC(COC(=O)CCCCCCCCCCCCCCC)OC(=O)CCCCCCCCCCCCCCCCCCCCCCCCCC. The lowest BCUT2D eigenvalue weighted by Crippen LogP contribution is -2.30. The second-order valence-corrected chi connectivity index (χ2v) is 24.8. The number of hydrogen-bond donors (Lipinski definition) is 0. The van der Waals surface area contributed by atoms with Crippen LogP contribution in [0.5, 0.6) is 0 Å². The molecule has 0 saturated heterocycles. The quantitative estimate of drug-likeness (QED) is 0.0261. The molecule has 0 aromatic heterocycles. The van der Waals surface area contributed by atoms with Gasteiger partial charge in [-0.05, 0) is 57.8 Å². The van der Waals surface area contributed by atoms with Gasteiger partial charge in [-0.25, -0.2) is 0 Å². The van der Waals surface area contributed by atoms with E-state index in [9.17, 15) is 14.4 Å². The van der Waals surface area contributed by atoms with Gasteiger partial charge in [0.15, 0.2) is 6.10 Å². The molecular weight excluding hydrogens is 1010 g/mol. The number of allylic oxidation sites excluding steroid dienone is 8. The maximum atomic E-state index is 13.0. The summed E-state index contributed by atoms with van der Waals surface area (Å²) in [5.74, 6) is -0.835. The molecule has 0 radical (unpaired) electrons. The van der Waals surface area contributed by atoms with Crippen LogP contribution in [0.3, 0.4) is 0 Å². The van der Waals surface area contributed by atoms with Crippen LogP contribution in [0, 0.1) is 0 Å². The van der Waals surface area contributed by atoms with Gasteiger partial charge in [-0.3, -0.25) is 14.4 Å². The van der Waals surface area contributed by atoms with Crippen molar-refractivity contribution in [2.75, 3.05) is 13.2 Å². The van der Waals surface area contributed by atoms with Crippen molar-refractivity contribution in [1.29, 1.82) is 0 Å². The first-order valence-corrected chi connectivity index (χ1v) is 36.6. The molecule has 480 valence electrons. The molecular formula is C76H140O6. The number of carbonyl (C=O) groups excluding carboxylic acids is 3. The molecule has 0 aliphatic rings. The molecule has 82 heavy (non-hydrogen) atoms. The Morgan fingerprint density at radius 1 is 0.256 bits per heavy atom. The first kappa shape index (κ1) is 79.4. The molecule has 0 bridgehead atoms. The zero-order valence-electron chi connectivity index (χ0n) is 55.3. The lowest BCUT2D eigenvalue weighted by Gasteiger charge is -2.18. The number of rotatable bonds is 68. The van der Waals surface area contributed by atoms with Crippen LogP contribution in [0.15, 0.2) is 48.6 Å². The normalized spacial score (nSPS) is 12.3. The van der Waals surface area contributed by atoms with E-state index in [1.165, 1.54) is 276 Å². The maximum absolute atomic E-state index is 13.0. The average Bonchev–Trinajstić information content (AvgIpc) is 3.47. The molecule has 0 saturated carbocycles. The fourth-order valence-corrected chi connectivity index (χ4v) is 11.1. The fourth-order valence-electron chi connectivity index (χ4n) is 11.1. The molecule has 0 N–H and O–H groups in total. The van der Waals surface area contributed by atoms with E-state index in [2.05, 4.69) is 69.4 Å². The minimum Gasteiger partial charge on any atom is -0.462 e. The van der Waals surface area contributed by atoms with E-state index in [1.54, 1.807) is 0 Å². The van der Waals surface area contributed by atoms with Crippen LogP contribution in [0.25, 0.3) is 0 Å². The summed E-state index contributed by atoms with van der Waals surface area (Å²) in [6.07, 6.45) is 90.1. The Kier molecular flexibility index (Phi) is 68.6. The number of hydrogen-bond acceptors (Lipinski definition) is 6. The Bertz CT molecular complexity index is 1410. The fraction of sp³-hybridized carbons (Fsp3) is 0.855. The van der Waals surface area contributed by atoms with Crippen LogP contribution in [0.2, 0.25) is 0 Å². The van der Waals surface area contributed by atoms with Gasteiger partial charge < -0.3 is 14.2 Å². The Hall–Kier alpha value is -2.63. The van der Waals surface area contributed by atoms with Crippen molar-refractivity contribution in [3.8, 4) is 0 Å². The van der Waals surface area contributed by atoms with Gasteiger partial charge in [0.05, 0.1) is 0 Å². The summed E-state index contributed by atoms with van der Waals surface area (Å²) >= 11 is 0. The van der Waals surface area contributed by atoms with Crippen LogP contribution in [0.4, 0.5) is 0 Å². The minimum absolute atomic E-state index is 0.0660. The van der Waals surface area contributed by atoms with Gasteiger partial charge in [0, 0.05) is 19.3 Å². The number of ether oxygens (including phenoxy) is 3. The van der Waals surface area contributed by atoms with E-state index in [-0.39, 0.29) is 31.1 Å². The monoisotopic (exact) mass is 1150 g/mol. The highest BCUT2D eigenvalue weighted by molar-refractivity contribution is 5.71. The molecule has 0 aliphatic heterocycles. The van der Waals surface area contributed by atoms with Crippen molar-refractivity contribution < 1.29 is 28.6 Å². The van der Waals surface area contributed by atoms with Crippen molar-refractivity contribution in [1.82, 2.24) is 0 Å². The molecule has 0 aromatic carbocycles. The highest BCUT2D eigenvalue weighted by Crippen LogP contribution is 2.19. The van der Waals surface area contributed by atoms with Gasteiger partial charge in [-0.2, -0.15) is 0 Å². The van der Waals surface area contributed by atoms with Crippen molar-refractivity contribution >= 4 is 17.9 Å². The zero-order valence-corrected chi connectivity index (χ0v) is 55.3. The van der Waals surface area contributed by atoms with Gasteiger partial charge in [-0.1, -0.05) is 371 Å². The van der Waals surface area contributed by atoms with E-state index >= 15 is 0 Å². The van der Waals surface area contributed by atoms with Crippen molar-refractivity contribution in [2.24, 2.45) is 0 Å². The zero-order chi connectivity index (χ0) is 59.2. The molecule has 0 aromatic rings. The summed E-state index contributed by atoms with van der Waals surface area (Å²) in [6, 6.07) is 0. The summed E-state index contributed by atoms with van der Waals surface area (Å²) in [4.78, 5) is 38.5. The molecule has 6 nitrogen and oxygen atoms in total. The molecule has 0 fully saturated rings. The third-order valence-corrected chi connectivity index (χ3v) is 16.6. The van der Waals surface area contributed by atoms with Gasteiger partial charge >= 0.3 is 17.9 Å². The molecule has 1 atom stereocenters. The van der Waals surface area contributed by atoms with E-state index in [1.807, 2.05) is 0 Å². The number of esters is 3. The first-order valence-electron chi connectivity index (χ1n) is 36.6. The lowest BCUT2D eigenvalue weighted by molar-refractivity contribution is -0.167. The van der Waals surface area contributed by atoms with Gasteiger partial charge in [0.25, 0.3) is 0 Å². The third kappa shape index (κ3) is 68.2. The van der Waals surface area contributed by atoms with Crippen LogP contribution >= 0.6 is 0 Å². The summed E-state index contributed by atoms with van der Waals surface area (Å²) < 4.78 is 17.0. The predicted molar refractivity (Wildman–Crippen MR) is 358 cm³/mol. The van der Waals surface area contributed by atoms with Crippen molar-refractivity contribution in [3.63, 3.8) is 0 Å². The van der Waals surface area contributed by atoms with Crippen molar-refractivity contribution in [2.45, 2.75) is 406 Å². The Balaban J connectivity index is 4.21. The highest BCUT2D eigenvalue weighted by Gasteiger charge is 2.19. The van der Waals surface area contributed by atoms with E-state index in [0.717, 1.165) is 83.5 Å². The molecule has 0 spiro atoms. The molecule has 0 aliphatic carbocycles. The van der Waals surface area contributed by atoms with Crippen LogP contribution < -0.4 is 0 Å². The standard InChI is InChI=1S/C76H140O6/c1-4-7-10-13-16-19-22-25-27-29-31-33-35-37-38-39-41-42-44-46-48-51-54-57-60-63-66-69-75(78)81-72-73(71-80-74(77)68-65-62-59-56-53-50-24-21-18-15-12-9-6-3)82-76(79)70-67-64-61-58-55-52-49-47-45-43-40-36-34-32-30-28-26-23-20-17-14-11-8-5-2/h7,10,16,19,25,27,31,33,73H,4-6,8-9,11-15,17-18,20-24,26,28-30,32,34-72H2,1-3H3/b10-7-,19-16-,27-25-,33-31-. The largest absolute Gasteiger partial charge is 0.462 e. The lowest BCUT2D eigenvalue weighted by atomic mass is 10.0. The molecule has 0 rings (SSSR count). The summed E-state index contributed by atoms with van der Waals surface area (Å²) in [5, 5.41) is 0. The minimum atomic E-state index is -0.770. The Labute approximate surface area is 511 Å². The Morgan fingerprint density at radius 2 is 0.476 bits per heavy atom. The highest BCUT2D eigenvalue weighted by atomic mass is 16.6. The number of carbonyl (C=O) groups is 3. The second kappa shape index (κ2) is 70.9. The van der Waals surface area contributed by atoms with Gasteiger partial charge in [-0.15, -0.1) is 0 Å². The summed E-state index contributed by atoms with van der Waals surface area (Å²) in [7, 11) is 0. The smallest absolute Gasteiger partial charge is 0.306 e.